The van der Waals surface area contributed by atoms with E-state index in [1.807, 2.05) is 65.6 Å². The van der Waals surface area contributed by atoms with Gasteiger partial charge in [0.2, 0.25) is 11.8 Å². The normalized spacial score (nSPS) is 17.3. The zero-order valence-electron chi connectivity index (χ0n) is 15.9. The number of halogens is 1. The van der Waals surface area contributed by atoms with Gasteiger partial charge >= 0.3 is 0 Å². The number of likely N-dealkylation sites (tertiary alicyclic amines) is 1. The van der Waals surface area contributed by atoms with E-state index in [4.69, 9.17) is 5.73 Å². The molecule has 1 saturated heterocycles. The number of benzene rings is 2. The van der Waals surface area contributed by atoms with Crippen LogP contribution < -0.4 is 11.1 Å². The van der Waals surface area contributed by atoms with E-state index in [1.165, 1.54) is 0 Å². The molecule has 0 aromatic heterocycles. The van der Waals surface area contributed by atoms with Crippen molar-refractivity contribution in [3.8, 4) is 0 Å². The van der Waals surface area contributed by atoms with Crippen molar-refractivity contribution < 1.29 is 9.59 Å². The molecule has 150 valence electrons. The van der Waals surface area contributed by atoms with Crippen LogP contribution in [0.1, 0.15) is 30.0 Å². The van der Waals surface area contributed by atoms with Crippen molar-refractivity contribution in [2.45, 2.75) is 25.3 Å². The highest BCUT2D eigenvalue weighted by Gasteiger charge is 2.28. The first kappa shape index (κ1) is 21.9. The molecule has 2 unspecified atom stereocenters. The second kappa shape index (κ2) is 10.8. The van der Waals surface area contributed by atoms with E-state index in [0.29, 0.717) is 19.5 Å². The maximum Gasteiger partial charge on any atom is 0.227 e. The summed E-state index contributed by atoms with van der Waals surface area (Å²) in [6, 6.07) is 19.2. The molecule has 0 radical (unpaired) electrons. The molecule has 28 heavy (non-hydrogen) atoms. The molecule has 5 nitrogen and oxygen atoms in total. The molecule has 0 aliphatic carbocycles. The summed E-state index contributed by atoms with van der Waals surface area (Å²) in [5, 5.41) is 2.96. The summed E-state index contributed by atoms with van der Waals surface area (Å²) in [4.78, 5) is 26.9. The molecule has 2 aromatic rings. The second-order valence-electron chi connectivity index (χ2n) is 7.10. The van der Waals surface area contributed by atoms with Gasteiger partial charge in [-0.1, -0.05) is 60.7 Å². The van der Waals surface area contributed by atoms with Crippen molar-refractivity contribution in [2.24, 2.45) is 11.7 Å². The molecule has 3 rings (SSSR count). The minimum absolute atomic E-state index is 0. The van der Waals surface area contributed by atoms with Gasteiger partial charge in [0, 0.05) is 25.7 Å². The summed E-state index contributed by atoms with van der Waals surface area (Å²) < 4.78 is 0. The largest absolute Gasteiger partial charge is 0.354 e. The summed E-state index contributed by atoms with van der Waals surface area (Å²) in [5.41, 5.74) is 8.16. The summed E-state index contributed by atoms with van der Waals surface area (Å²) in [7, 11) is 0. The lowest BCUT2D eigenvalue weighted by molar-refractivity contribution is -0.135. The average molecular weight is 402 g/mol. The third-order valence-corrected chi connectivity index (χ3v) is 5.07. The van der Waals surface area contributed by atoms with Crippen LogP contribution in [0.3, 0.4) is 0 Å². The van der Waals surface area contributed by atoms with Gasteiger partial charge in [-0.2, -0.15) is 0 Å². The van der Waals surface area contributed by atoms with Crippen LogP contribution in [0.25, 0.3) is 0 Å². The third kappa shape index (κ3) is 6.08. The van der Waals surface area contributed by atoms with Crippen molar-refractivity contribution in [2.75, 3.05) is 19.6 Å². The fourth-order valence-corrected chi connectivity index (χ4v) is 3.47. The molecule has 0 spiro atoms. The van der Waals surface area contributed by atoms with Gasteiger partial charge < -0.3 is 16.0 Å². The molecule has 2 aromatic carbocycles. The number of rotatable bonds is 6. The quantitative estimate of drug-likeness (QED) is 0.781. The van der Waals surface area contributed by atoms with Crippen molar-refractivity contribution in [3.63, 3.8) is 0 Å². The molecule has 3 N–H and O–H groups in total. The first-order valence-electron chi connectivity index (χ1n) is 9.53. The van der Waals surface area contributed by atoms with Gasteiger partial charge in [-0.15, -0.1) is 12.4 Å². The molecule has 1 aliphatic heterocycles. The number of nitrogens with one attached hydrogen (secondary N) is 1. The topological polar surface area (TPSA) is 75.4 Å². The first-order chi connectivity index (χ1) is 13.1. The molecule has 2 atom stereocenters. The number of hydrogen-bond acceptors (Lipinski definition) is 3. The minimum atomic E-state index is -0.227. The Hall–Kier alpha value is -2.37. The van der Waals surface area contributed by atoms with E-state index in [1.54, 1.807) is 0 Å². The molecule has 6 heteroatoms. The Balaban J connectivity index is 0.00000280. The van der Waals surface area contributed by atoms with Crippen molar-refractivity contribution >= 4 is 24.2 Å². The number of hydrogen-bond donors (Lipinski definition) is 2. The van der Waals surface area contributed by atoms with E-state index < -0.39 is 0 Å². The SMILES string of the molecule is Cl.NC(CNC(=O)C1CCCN(C(=O)Cc2ccccc2)C1)c1ccccc1. The van der Waals surface area contributed by atoms with Crippen LogP contribution in [-0.4, -0.2) is 36.3 Å². The number of nitrogens with two attached hydrogens (primary N) is 1. The zero-order chi connectivity index (χ0) is 19.1. The van der Waals surface area contributed by atoms with E-state index in [2.05, 4.69) is 5.32 Å². The number of piperidine rings is 1. The van der Waals surface area contributed by atoms with Gasteiger partial charge in [-0.25, -0.2) is 0 Å². The van der Waals surface area contributed by atoms with Gasteiger partial charge in [0.05, 0.1) is 12.3 Å². The molecular weight excluding hydrogens is 374 g/mol. The average Bonchev–Trinajstić information content (AvgIpc) is 2.73. The molecule has 2 amide bonds. The van der Waals surface area contributed by atoms with E-state index in [-0.39, 0.29) is 36.2 Å². The Morgan fingerprint density at radius 3 is 2.39 bits per heavy atom. The number of carbonyl (C=O) groups excluding carboxylic acids is 2. The lowest BCUT2D eigenvalue weighted by atomic mass is 9.96. The van der Waals surface area contributed by atoms with Gasteiger partial charge in [-0.3, -0.25) is 9.59 Å². The number of carbonyl (C=O) groups is 2. The Labute approximate surface area is 172 Å². The number of nitrogens with zero attached hydrogens (tertiary/aromatic N) is 1. The zero-order valence-corrected chi connectivity index (χ0v) is 16.7. The Bertz CT molecular complexity index is 755. The van der Waals surface area contributed by atoms with Gasteiger partial charge in [0.1, 0.15) is 0 Å². The van der Waals surface area contributed by atoms with Crippen LogP contribution >= 0.6 is 12.4 Å². The summed E-state index contributed by atoms with van der Waals surface area (Å²) in [6.45, 7) is 1.61. The Kier molecular flexibility index (Phi) is 8.48. The lowest BCUT2D eigenvalue weighted by Gasteiger charge is -2.32. The first-order valence-corrected chi connectivity index (χ1v) is 9.53. The van der Waals surface area contributed by atoms with E-state index in [0.717, 1.165) is 30.5 Å². The number of amides is 2. The van der Waals surface area contributed by atoms with Crippen LogP contribution in [-0.2, 0) is 16.0 Å². The standard InChI is InChI=1S/C22H27N3O2.ClH/c23-20(18-10-5-2-6-11-18)15-24-22(27)19-12-7-13-25(16-19)21(26)14-17-8-3-1-4-9-17;/h1-6,8-11,19-20H,7,12-16,23H2,(H,24,27);1H. The molecule has 0 saturated carbocycles. The Morgan fingerprint density at radius 1 is 1.07 bits per heavy atom. The third-order valence-electron chi connectivity index (χ3n) is 5.07. The highest BCUT2D eigenvalue weighted by atomic mass is 35.5. The maximum atomic E-state index is 12.6. The van der Waals surface area contributed by atoms with Crippen LogP contribution in [0.2, 0.25) is 0 Å². The molecule has 0 bridgehead atoms. The predicted octanol–water partition coefficient (Wildman–Crippen LogP) is 2.71. The molecule has 1 heterocycles. The van der Waals surface area contributed by atoms with Crippen LogP contribution in [0.4, 0.5) is 0 Å². The molecule has 1 fully saturated rings. The molecular formula is C22H28ClN3O2. The van der Waals surface area contributed by atoms with E-state index >= 15 is 0 Å². The monoisotopic (exact) mass is 401 g/mol. The van der Waals surface area contributed by atoms with Crippen LogP contribution in [0, 0.1) is 5.92 Å². The second-order valence-corrected chi connectivity index (χ2v) is 7.10. The van der Waals surface area contributed by atoms with Crippen molar-refractivity contribution in [1.82, 2.24) is 10.2 Å². The Morgan fingerprint density at radius 2 is 1.71 bits per heavy atom. The van der Waals surface area contributed by atoms with Crippen molar-refractivity contribution in [3.05, 3.63) is 71.8 Å². The smallest absolute Gasteiger partial charge is 0.227 e. The van der Waals surface area contributed by atoms with Gasteiger partial charge in [-0.05, 0) is 24.0 Å². The predicted molar refractivity (Wildman–Crippen MR) is 113 cm³/mol. The molecule has 1 aliphatic rings. The fraction of sp³-hybridized carbons (Fsp3) is 0.364. The van der Waals surface area contributed by atoms with E-state index in [9.17, 15) is 9.59 Å². The van der Waals surface area contributed by atoms with Crippen molar-refractivity contribution in [1.29, 1.82) is 0 Å². The van der Waals surface area contributed by atoms with Gasteiger partial charge in [0.15, 0.2) is 0 Å². The van der Waals surface area contributed by atoms with Gasteiger partial charge in [0.25, 0.3) is 0 Å². The maximum absolute atomic E-state index is 12.6. The lowest BCUT2D eigenvalue weighted by Crippen LogP contribution is -2.46. The summed E-state index contributed by atoms with van der Waals surface area (Å²) in [5.74, 6) is -0.0975. The summed E-state index contributed by atoms with van der Waals surface area (Å²) >= 11 is 0. The minimum Gasteiger partial charge on any atom is -0.354 e. The highest BCUT2D eigenvalue weighted by Crippen LogP contribution is 2.18. The van der Waals surface area contributed by atoms with Crippen LogP contribution in [0.15, 0.2) is 60.7 Å². The highest BCUT2D eigenvalue weighted by molar-refractivity contribution is 5.85. The fourth-order valence-electron chi connectivity index (χ4n) is 3.47. The summed E-state index contributed by atoms with van der Waals surface area (Å²) in [6.07, 6.45) is 2.04. The van der Waals surface area contributed by atoms with Crippen LogP contribution in [0.5, 0.6) is 0 Å².